The van der Waals surface area contributed by atoms with E-state index in [1.165, 1.54) is 35.2 Å². The van der Waals surface area contributed by atoms with Crippen LogP contribution in [0.3, 0.4) is 0 Å². The molecule has 3 aromatic rings. The maximum atomic E-state index is 13.2. The number of hydrogen-bond acceptors (Lipinski definition) is 7. The molecule has 2 heterocycles. The molecular weight excluding hydrogens is 404 g/mol. The van der Waals surface area contributed by atoms with Crippen molar-refractivity contribution in [3.05, 3.63) is 46.5 Å². The van der Waals surface area contributed by atoms with Crippen molar-refractivity contribution in [2.24, 2.45) is 0 Å². The van der Waals surface area contributed by atoms with E-state index in [-0.39, 0.29) is 5.91 Å². The molecule has 0 N–H and O–H groups in total. The molecule has 0 atom stereocenters. The van der Waals surface area contributed by atoms with Crippen LogP contribution in [-0.2, 0) is 24.2 Å². The summed E-state index contributed by atoms with van der Waals surface area (Å²) < 4.78 is 1.85. The quantitative estimate of drug-likeness (QED) is 0.537. The first-order valence-electron chi connectivity index (χ1n) is 10.0. The van der Waals surface area contributed by atoms with Crippen LogP contribution in [0.4, 0.5) is 5.13 Å². The molecule has 2 aliphatic carbocycles. The van der Waals surface area contributed by atoms with Crippen molar-refractivity contribution in [3.63, 3.8) is 0 Å². The Kier molecular flexibility index (Phi) is 5.32. The second-order valence-electron chi connectivity index (χ2n) is 7.46. The SMILES string of the molecule is O=C(CSc1nnnn1C1CC1)N(Cc1ccccc1)c1nc2c(s1)CCCC2. The molecule has 150 valence electrons. The van der Waals surface area contributed by atoms with Gasteiger partial charge in [-0.25, -0.2) is 9.67 Å². The smallest absolute Gasteiger partial charge is 0.239 e. The van der Waals surface area contributed by atoms with Gasteiger partial charge in [0.2, 0.25) is 11.1 Å². The Hall–Kier alpha value is -2.26. The van der Waals surface area contributed by atoms with E-state index in [1.54, 1.807) is 11.3 Å². The van der Waals surface area contributed by atoms with E-state index in [0.29, 0.717) is 18.3 Å². The van der Waals surface area contributed by atoms with Crippen molar-refractivity contribution in [1.82, 2.24) is 25.2 Å². The predicted molar refractivity (Wildman–Crippen MR) is 113 cm³/mol. The van der Waals surface area contributed by atoms with Crippen LogP contribution in [0.25, 0.3) is 0 Å². The molecule has 5 rings (SSSR count). The molecule has 1 fully saturated rings. The van der Waals surface area contributed by atoms with Gasteiger partial charge in [0.05, 0.1) is 24.0 Å². The Bertz CT molecular complexity index is 974. The molecule has 1 aromatic carbocycles. The molecule has 2 aliphatic rings. The van der Waals surface area contributed by atoms with Gasteiger partial charge >= 0.3 is 0 Å². The van der Waals surface area contributed by atoms with Crippen LogP contribution in [0.5, 0.6) is 0 Å². The Morgan fingerprint density at radius 3 is 2.83 bits per heavy atom. The minimum absolute atomic E-state index is 0.0373. The predicted octanol–water partition coefficient (Wildman–Crippen LogP) is 3.67. The highest BCUT2D eigenvalue weighted by atomic mass is 32.2. The van der Waals surface area contributed by atoms with Crippen LogP contribution in [0, 0.1) is 0 Å². The van der Waals surface area contributed by atoms with E-state index < -0.39 is 0 Å². The fourth-order valence-corrected chi connectivity index (χ4v) is 5.50. The second kappa shape index (κ2) is 8.23. The zero-order chi connectivity index (χ0) is 19.6. The lowest BCUT2D eigenvalue weighted by Gasteiger charge is -2.20. The van der Waals surface area contributed by atoms with Crippen LogP contribution < -0.4 is 4.90 Å². The van der Waals surface area contributed by atoms with Crippen LogP contribution in [-0.4, -0.2) is 36.9 Å². The third-order valence-corrected chi connectivity index (χ3v) is 7.33. The van der Waals surface area contributed by atoms with Gasteiger partial charge in [-0.05, 0) is 54.5 Å². The summed E-state index contributed by atoms with van der Waals surface area (Å²) in [7, 11) is 0. The summed E-state index contributed by atoms with van der Waals surface area (Å²) in [6, 6.07) is 10.5. The highest BCUT2D eigenvalue weighted by Crippen LogP contribution is 2.37. The number of amides is 1. The number of thiazole rings is 1. The van der Waals surface area contributed by atoms with Gasteiger partial charge in [0.15, 0.2) is 5.13 Å². The van der Waals surface area contributed by atoms with Gasteiger partial charge in [-0.15, -0.1) is 16.4 Å². The van der Waals surface area contributed by atoms with Crippen molar-refractivity contribution in [2.45, 2.75) is 56.3 Å². The van der Waals surface area contributed by atoms with Gasteiger partial charge in [-0.1, -0.05) is 42.1 Å². The van der Waals surface area contributed by atoms with Gasteiger partial charge < -0.3 is 0 Å². The summed E-state index contributed by atoms with van der Waals surface area (Å²) in [5.74, 6) is 0.333. The summed E-state index contributed by atoms with van der Waals surface area (Å²) in [6.45, 7) is 0.528. The molecule has 0 radical (unpaired) electrons. The fraction of sp³-hybridized carbons (Fsp3) is 0.450. The molecule has 0 saturated heterocycles. The summed E-state index contributed by atoms with van der Waals surface area (Å²) in [6.07, 6.45) is 6.70. The average molecular weight is 427 g/mol. The van der Waals surface area contributed by atoms with E-state index in [9.17, 15) is 4.79 Å². The van der Waals surface area contributed by atoms with Gasteiger partial charge in [-0.2, -0.15) is 0 Å². The monoisotopic (exact) mass is 426 g/mol. The maximum Gasteiger partial charge on any atom is 0.239 e. The number of aromatic nitrogens is 5. The number of rotatable bonds is 7. The Labute approximate surface area is 177 Å². The number of carbonyl (C=O) groups is 1. The molecule has 9 heteroatoms. The van der Waals surface area contributed by atoms with Crippen LogP contribution >= 0.6 is 23.1 Å². The first-order valence-corrected chi connectivity index (χ1v) is 11.8. The van der Waals surface area contributed by atoms with Gasteiger partial charge in [0, 0.05) is 4.88 Å². The van der Waals surface area contributed by atoms with E-state index >= 15 is 0 Å². The van der Waals surface area contributed by atoms with Gasteiger partial charge in [-0.3, -0.25) is 9.69 Å². The zero-order valence-corrected chi connectivity index (χ0v) is 17.7. The molecule has 0 aliphatic heterocycles. The molecule has 29 heavy (non-hydrogen) atoms. The molecule has 1 amide bonds. The number of hydrogen-bond donors (Lipinski definition) is 0. The lowest BCUT2D eigenvalue weighted by Crippen LogP contribution is -2.32. The normalized spacial score (nSPS) is 15.9. The standard InChI is InChI=1S/C20H22N6OS2/c27-18(13-28-20-22-23-24-26(20)15-10-11-15)25(12-14-6-2-1-3-7-14)19-21-16-8-4-5-9-17(16)29-19/h1-3,6-7,15H,4-5,8-13H2. The van der Waals surface area contributed by atoms with Crippen LogP contribution in [0.2, 0.25) is 0 Å². The number of nitrogens with zero attached hydrogens (tertiary/aromatic N) is 6. The first-order chi connectivity index (χ1) is 14.3. The number of anilines is 1. The number of benzene rings is 1. The average Bonchev–Trinajstić information content (AvgIpc) is 3.33. The van der Waals surface area contributed by atoms with Crippen molar-refractivity contribution in [3.8, 4) is 0 Å². The molecule has 1 saturated carbocycles. The molecule has 7 nitrogen and oxygen atoms in total. The maximum absolute atomic E-state index is 13.2. The lowest BCUT2D eigenvalue weighted by atomic mass is 10.0. The topological polar surface area (TPSA) is 76.8 Å². The largest absolute Gasteiger partial charge is 0.283 e. The molecule has 2 aromatic heterocycles. The first kappa shape index (κ1) is 18.7. The summed E-state index contributed by atoms with van der Waals surface area (Å²) >= 11 is 3.08. The molecule has 0 unspecified atom stereocenters. The number of tetrazole rings is 1. The molecule has 0 spiro atoms. The molecular formula is C20H22N6OS2. The van der Waals surface area contributed by atoms with E-state index in [4.69, 9.17) is 4.98 Å². The number of fused-ring (bicyclic) bond motifs is 1. The van der Waals surface area contributed by atoms with Gasteiger partial charge in [0.1, 0.15) is 0 Å². The number of aryl methyl sites for hydroxylation is 2. The Morgan fingerprint density at radius 2 is 2.03 bits per heavy atom. The van der Waals surface area contributed by atoms with Crippen molar-refractivity contribution >= 4 is 34.1 Å². The van der Waals surface area contributed by atoms with Crippen LogP contribution in [0.1, 0.15) is 47.9 Å². The zero-order valence-electron chi connectivity index (χ0n) is 16.0. The Balaban J connectivity index is 1.36. The summed E-state index contributed by atoms with van der Waals surface area (Å²) in [5.41, 5.74) is 2.27. The van der Waals surface area contributed by atoms with E-state index in [1.807, 2.05) is 27.8 Å². The highest BCUT2D eigenvalue weighted by Gasteiger charge is 2.29. The minimum atomic E-state index is 0.0373. The van der Waals surface area contributed by atoms with E-state index in [2.05, 4.69) is 27.7 Å². The van der Waals surface area contributed by atoms with Crippen molar-refractivity contribution in [1.29, 1.82) is 0 Å². The third-order valence-electron chi connectivity index (χ3n) is 5.23. The second-order valence-corrected chi connectivity index (χ2v) is 9.47. The highest BCUT2D eigenvalue weighted by molar-refractivity contribution is 7.99. The summed E-state index contributed by atoms with van der Waals surface area (Å²) in [4.78, 5) is 21.3. The fourth-order valence-electron chi connectivity index (χ4n) is 3.52. The third kappa shape index (κ3) is 4.20. The minimum Gasteiger partial charge on any atom is -0.283 e. The number of thioether (sulfide) groups is 1. The van der Waals surface area contributed by atoms with Gasteiger partial charge in [0.25, 0.3) is 0 Å². The number of carbonyl (C=O) groups excluding carboxylic acids is 1. The van der Waals surface area contributed by atoms with E-state index in [0.717, 1.165) is 41.5 Å². The van der Waals surface area contributed by atoms with Crippen LogP contribution in [0.15, 0.2) is 35.5 Å². The van der Waals surface area contributed by atoms with Crippen molar-refractivity contribution < 1.29 is 4.79 Å². The lowest BCUT2D eigenvalue weighted by molar-refractivity contribution is -0.116. The molecule has 0 bridgehead atoms. The Morgan fingerprint density at radius 1 is 1.21 bits per heavy atom. The summed E-state index contributed by atoms with van der Waals surface area (Å²) in [5, 5.41) is 13.5. The van der Waals surface area contributed by atoms with Crippen molar-refractivity contribution in [2.75, 3.05) is 10.7 Å².